The number of hydrogen-bond donors (Lipinski definition) is 0. The van der Waals surface area contributed by atoms with E-state index in [9.17, 15) is 0 Å². The SMILES string of the molecule is CCCN(CC1CCO1)C(C)C.CCCN(CC1CO1)C(C)CC. The van der Waals surface area contributed by atoms with Crippen LogP contribution in [-0.4, -0.2) is 73.5 Å². The van der Waals surface area contributed by atoms with Gasteiger partial charge in [-0.25, -0.2) is 0 Å². The van der Waals surface area contributed by atoms with Crippen LogP contribution in [0, 0.1) is 0 Å². The highest BCUT2D eigenvalue weighted by molar-refractivity contribution is 4.77. The maximum Gasteiger partial charge on any atom is 0.0936 e. The highest BCUT2D eigenvalue weighted by Gasteiger charge is 2.26. The number of ether oxygens (including phenoxy) is 2. The van der Waals surface area contributed by atoms with Crippen LogP contribution in [-0.2, 0) is 9.47 Å². The van der Waals surface area contributed by atoms with E-state index in [1.807, 2.05) is 0 Å². The molecule has 144 valence electrons. The van der Waals surface area contributed by atoms with Gasteiger partial charge in [-0.15, -0.1) is 0 Å². The Balaban J connectivity index is 0.000000240. The monoisotopic (exact) mass is 342 g/mol. The zero-order chi connectivity index (χ0) is 17.9. The van der Waals surface area contributed by atoms with Gasteiger partial charge in [-0.1, -0.05) is 20.8 Å². The third-order valence-electron chi connectivity index (χ3n) is 5.04. The van der Waals surface area contributed by atoms with Crippen LogP contribution in [0.25, 0.3) is 0 Å². The zero-order valence-electron chi connectivity index (χ0n) is 17.1. The van der Waals surface area contributed by atoms with E-state index in [1.165, 1.54) is 38.8 Å². The van der Waals surface area contributed by atoms with E-state index < -0.39 is 0 Å². The van der Waals surface area contributed by atoms with Crippen LogP contribution in [0.4, 0.5) is 0 Å². The summed E-state index contributed by atoms with van der Waals surface area (Å²) in [5.74, 6) is 0. The third kappa shape index (κ3) is 8.80. The smallest absolute Gasteiger partial charge is 0.0936 e. The van der Waals surface area contributed by atoms with Crippen LogP contribution in [0.3, 0.4) is 0 Å². The van der Waals surface area contributed by atoms with Gasteiger partial charge < -0.3 is 9.47 Å². The number of nitrogens with zero attached hydrogens (tertiary/aromatic N) is 2. The Hall–Kier alpha value is -0.160. The van der Waals surface area contributed by atoms with Gasteiger partial charge in [-0.2, -0.15) is 0 Å². The molecule has 2 aliphatic heterocycles. The first kappa shape index (κ1) is 21.9. The first-order valence-corrected chi connectivity index (χ1v) is 10.2. The molecule has 4 nitrogen and oxygen atoms in total. The molecule has 2 aliphatic rings. The minimum atomic E-state index is 0.527. The van der Waals surface area contributed by atoms with Gasteiger partial charge in [0.1, 0.15) is 0 Å². The molecule has 0 bridgehead atoms. The molecule has 0 aromatic carbocycles. The lowest BCUT2D eigenvalue weighted by Crippen LogP contribution is -2.43. The molecule has 3 unspecified atom stereocenters. The second kappa shape index (κ2) is 12.2. The second-order valence-corrected chi connectivity index (χ2v) is 7.58. The molecule has 3 atom stereocenters. The standard InChI is InChI=1S/2C10H21NO/c1-4-6-11(9(2)3)8-10-5-7-12-10;1-4-6-11(9(3)5-2)7-10-8-12-10/h2*9-10H,4-8H2,1-3H3. The van der Waals surface area contributed by atoms with Gasteiger partial charge in [0, 0.05) is 31.8 Å². The van der Waals surface area contributed by atoms with Crippen molar-refractivity contribution in [2.45, 2.75) is 91.5 Å². The maximum absolute atomic E-state index is 5.42. The Kier molecular flexibility index (Phi) is 11.2. The normalized spacial score (nSPS) is 23.9. The lowest BCUT2D eigenvalue weighted by molar-refractivity contribution is -0.0704. The van der Waals surface area contributed by atoms with E-state index >= 15 is 0 Å². The fourth-order valence-electron chi connectivity index (χ4n) is 3.01. The summed E-state index contributed by atoms with van der Waals surface area (Å²) in [6.45, 7) is 20.2. The summed E-state index contributed by atoms with van der Waals surface area (Å²) < 4.78 is 10.7. The van der Waals surface area contributed by atoms with Gasteiger partial charge in [0.25, 0.3) is 0 Å². The molecule has 0 radical (unpaired) electrons. The van der Waals surface area contributed by atoms with Crippen LogP contribution in [0.15, 0.2) is 0 Å². The number of hydrogen-bond acceptors (Lipinski definition) is 4. The van der Waals surface area contributed by atoms with Crippen molar-refractivity contribution in [2.75, 3.05) is 39.4 Å². The maximum atomic E-state index is 5.42. The minimum absolute atomic E-state index is 0.527. The van der Waals surface area contributed by atoms with Gasteiger partial charge in [-0.3, -0.25) is 9.80 Å². The van der Waals surface area contributed by atoms with Gasteiger partial charge in [0.05, 0.1) is 18.8 Å². The molecule has 0 aromatic heterocycles. The zero-order valence-corrected chi connectivity index (χ0v) is 17.1. The summed E-state index contributed by atoms with van der Waals surface area (Å²) >= 11 is 0. The summed E-state index contributed by atoms with van der Waals surface area (Å²) in [5.41, 5.74) is 0. The molecule has 0 aliphatic carbocycles. The number of epoxide rings is 1. The molecule has 0 amide bonds. The molecule has 0 aromatic rings. The molecule has 2 fully saturated rings. The topological polar surface area (TPSA) is 28.2 Å². The van der Waals surface area contributed by atoms with E-state index in [1.54, 1.807) is 0 Å². The molecule has 0 spiro atoms. The van der Waals surface area contributed by atoms with E-state index in [4.69, 9.17) is 9.47 Å². The lowest BCUT2D eigenvalue weighted by Gasteiger charge is -2.34. The quantitative estimate of drug-likeness (QED) is 0.534. The van der Waals surface area contributed by atoms with E-state index in [0.29, 0.717) is 24.3 Å². The number of rotatable bonds is 11. The van der Waals surface area contributed by atoms with Crippen LogP contribution in [0.5, 0.6) is 0 Å². The fourth-order valence-corrected chi connectivity index (χ4v) is 3.01. The predicted molar refractivity (Wildman–Crippen MR) is 103 cm³/mol. The summed E-state index contributed by atoms with van der Waals surface area (Å²) in [5, 5.41) is 0. The molecule has 0 saturated carbocycles. The average molecular weight is 343 g/mol. The van der Waals surface area contributed by atoms with Crippen molar-refractivity contribution in [3.8, 4) is 0 Å². The van der Waals surface area contributed by atoms with E-state index in [2.05, 4.69) is 51.3 Å². The summed E-state index contributed by atoms with van der Waals surface area (Å²) in [6, 6.07) is 1.38. The Morgan fingerprint density at radius 2 is 1.42 bits per heavy atom. The van der Waals surface area contributed by atoms with Crippen molar-refractivity contribution < 1.29 is 9.47 Å². The van der Waals surface area contributed by atoms with Crippen LogP contribution in [0.2, 0.25) is 0 Å². The van der Waals surface area contributed by atoms with Crippen LogP contribution in [0.1, 0.15) is 67.2 Å². The highest BCUT2D eigenvalue weighted by Crippen LogP contribution is 2.15. The molecule has 2 heterocycles. The van der Waals surface area contributed by atoms with E-state index in [-0.39, 0.29) is 0 Å². The Bertz CT molecular complexity index is 304. The largest absolute Gasteiger partial charge is 0.377 e. The molecular formula is C20H42N2O2. The highest BCUT2D eigenvalue weighted by atomic mass is 16.6. The molecule has 2 saturated heterocycles. The fraction of sp³-hybridized carbons (Fsp3) is 1.00. The van der Waals surface area contributed by atoms with E-state index in [0.717, 1.165) is 26.3 Å². The van der Waals surface area contributed by atoms with Gasteiger partial charge in [0.2, 0.25) is 0 Å². The molecular weight excluding hydrogens is 300 g/mol. The lowest BCUT2D eigenvalue weighted by atomic mass is 10.1. The molecule has 0 N–H and O–H groups in total. The van der Waals surface area contributed by atoms with Crippen molar-refractivity contribution in [1.82, 2.24) is 9.80 Å². The van der Waals surface area contributed by atoms with Gasteiger partial charge >= 0.3 is 0 Å². The van der Waals surface area contributed by atoms with Crippen LogP contribution < -0.4 is 0 Å². The Labute approximate surface area is 150 Å². The summed E-state index contributed by atoms with van der Waals surface area (Å²) in [7, 11) is 0. The predicted octanol–water partition coefficient (Wildman–Crippen LogP) is 3.79. The van der Waals surface area contributed by atoms with Crippen molar-refractivity contribution in [2.24, 2.45) is 0 Å². The first-order chi connectivity index (χ1) is 11.5. The molecule has 24 heavy (non-hydrogen) atoms. The first-order valence-electron chi connectivity index (χ1n) is 10.2. The minimum Gasteiger partial charge on any atom is -0.377 e. The third-order valence-corrected chi connectivity index (χ3v) is 5.04. The van der Waals surface area contributed by atoms with Gasteiger partial charge in [-0.05, 0) is 59.5 Å². The molecule has 2 rings (SSSR count). The van der Waals surface area contributed by atoms with Crippen molar-refractivity contribution in [3.63, 3.8) is 0 Å². The van der Waals surface area contributed by atoms with Gasteiger partial charge in [0.15, 0.2) is 0 Å². The Morgan fingerprint density at radius 1 is 0.875 bits per heavy atom. The molecule has 4 heteroatoms. The van der Waals surface area contributed by atoms with Crippen molar-refractivity contribution >= 4 is 0 Å². The second-order valence-electron chi connectivity index (χ2n) is 7.58. The average Bonchev–Trinajstić information content (AvgIpc) is 3.32. The van der Waals surface area contributed by atoms with Crippen molar-refractivity contribution in [3.05, 3.63) is 0 Å². The summed E-state index contributed by atoms with van der Waals surface area (Å²) in [4.78, 5) is 5.04. The Morgan fingerprint density at radius 3 is 1.79 bits per heavy atom. The summed E-state index contributed by atoms with van der Waals surface area (Å²) in [6.07, 6.45) is 6.06. The van der Waals surface area contributed by atoms with Crippen LogP contribution >= 0.6 is 0 Å². The van der Waals surface area contributed by atoms with Crippen molar-refractivity contribution in [1.29, 1.82) is 0 Å².